The molecule has 3 fully saturated rings. The van der Waals surface area contributed by atoms with Crippen molar-refractivity contribution in [2.45, 2.75) is 112 Å². The van der Waals surface area contributed by atoms with Crippen LogP contribution in [0.1, 0.15) is 112 Å². The highest BCUT2D eigenvalue weighted by atomic mass is 14.6. The van der Waals surface area contributed by atoms with Gasteiger partial charge >= 0.3 is 0 Å². The van der Waals surface area contributed by atoms with Gasteiger partial charge in [-0.2, -0.15) is 0 Å². The number of fused-ring (bicyclic) bond motifs is 5. The van der Waals surface area contributed by atoms with Crippen molar-refractivity contribution in [1.82, 2.24) is 0 Å². The lowest BCUT2D eigenvalue weighted by atomic mass is 9.47. The summed E-state index contributed by atoms with van der Waals surface area (Å²) < 4.78 is 0. The molecule has 4 aliphatic carbocycles. The minimum absolute atomic E-state index is 0.573. The molecule has 0 spiro atoms. The van der Waals surface area contributed by atoms with E-state index in [4.69, 9.17) is 0 Å². The zero-order valence-corrected chi connectivity index (χ0v) is 19.0. The van der Waals surface area contributed by atoms with E-state index in [0.717, 1.165) is 35.5 Å². The zero-order valence-electron chi connectivity index (χ0n) is 19.0. The molecular formula is C27H46. The molecule has 0 aromatic rings. The Morgan fingerprint density at radius 2 is 1.78 bits per heavy atom. The lowest BCUT2D eigenvalue weighted by Crippen LogP contribution is -2.50. The summed E-state index contributed by atoms with van der Waals surface area (Å²) in [6.07, 6.45) is 20.5. The van der Waals surface area contributed by atoms with Crippen molar-refractivity contribution in [3.63, 3.8) is 0 Å². The predicted molar refractivity (Wildman–Crippen MR) is 118 cm³/mol. The maximum atomic E-state index is 2.74. The summed E-state index contributed by atoms with van der Waals surface area (Å²) in [5, 5.41) is 0. The second kappa shape index (κ2) is 7.53. The van der Waals surface area contributed by atoms with Crippen LogP contribution in [0.15, 0.2) is 11.6 Å². The van der Waals surface area contributed by atoms with E-state index in [1.165, 1.54) is 77.0 Å². The fourth-order valence-electron chi connectivity index (χ4n) is 8.72. The minimum atomic E-state index is 0.573. The highest BCUT2D eigenvalue weighted by Gasteiger charge is 2.58. The molecule has 0 nitrogen and oxygen atoms in total. The summed E-state index contributed by atoms with van der Waals surface area (Å²) in [7, 11) is 0. The summed E-state index contributed by atoms with van der Waals surface area (Å²) in [5.41, 5.74) is 3.09. The summed E-state index contributed by atoms with van der Waals surface area (Å²) in [6.45, 7) is 12.8. The van der Waals surface area contributed by atoms with E-state index in [1.807, 2.05) is 5.57 Å². The van der Waals surface area contributed by atoms with Gasteiger partial charge in [-0.05, 0) is 97.7 Å². The summed E-state index contributed by atoms with van der Waals surface area (Å²) >= 11 is 0. The fourth-order valence-corrected chi connectivity index (χ4v) is 8.72. The normalized spacial score (nSPS) is 45.0. The van der Waals surface area contributed by atoms with Crippen LogP contribution in [0.25, 0.3) is 0 Å². The molecule has 0 radical (unpaired) electrons. The molecule has 4 aliphatic rings. The van der Waals surface area contributed by atoms with Crippen LogP contribution in [0, 0.1) is 46.3 Å². The Hall–Kier alpha value is -0.260. The molecule has 27 heavy (non-hydrogen) atoms. The number of allylic oxidation sites excluding steroid dienone is 2. The highest BCUT2D eigenvalue weighted by Crippen LogP contribution is 2.67. The standard InChI is InChI=1S/C27H46/c1-19(2)9-8-10-20(3)23-14-15-24-22-13-12-21-11-6-7-17-26(21,4)25(22)16-18-27(23,24)5/h12,19-20,22-25H,6-11,13-18H2,1-5H3/t20-,22?,23?,24?,25?,26+,27-/m1/s1. The molecule has 4 rings (SSSR count). The zero-order chi connectivity index (χ0) is 19.2. The van der Waals surface area contributed by atoms with Crippen molar-refractivity contribution in [1.29, 1.82) is 0 Å². The molecule has 0 heteroatoms. The Kier molecular flexibility index (Phi) is 5.59. The highest BCUT2D eigenvalue weighted by molar-refractivity contribution is 5.24. The monoisotopic (exact) mass is 370 g/mol. The van der Waals surface area contributed by atoms with Crippen molar-refractivity contribution >= 4 is 0 Å². The second-order valence-corrected chi connectivity index (χ2v) is 12.0. The first-order valence-corrected chi connectivity index (χ1v) is 12.6. The van der Waals surface area contributed by atoms with Gasteiger partial charge in [-0.25, -0.2) is 0 Å². The first kappa shape index (κ1) is 20.0. The Morgan fingerprint density at radius 3 is 2.56 bits per heavy atom. The van der Waals surface area contributed by atoms with Gasteiger partial charge in [0.25, 0.3) is 0 Å². The van der Waals surface area contributed by atoms with Crippen LogP contribution in [0.3, 0.4) is 0 Å². The molecule has 0 bridgehead atoms. The molecular weight excluding hydrogens is 324 g/mol. The van der Waals surface area contributed by atoms with E-state index in [1.54, 1.807) is 0 Å². The third-order valence-corrected chi connectivity index (χ3v) is 10.2. The third-order valence-electron chi connectivity index (χ3n) is 10.2. The van der Waals surface area contributed by atoms with Gasteiger partial charge in [-0.3, -0.25) is 0 Å². The van der Waals surface area contributed by atoms with Crippen molar-refractivity contribution < 1.29 is 0 Å². The molecule has 0 heterocycles. The van der Waals surface area contributed by atoms with Crippen LogP contribution < -0.4 is 0 Å². The molecule has 0 amide bonds. The smallest absolute Gasteiger partial charge is 0.00853 e. The second-order valence-electron chi connectivity index (χ2n) is 12.0. The molecule has 4 unspecified atom stereocenters. The molecule has 0 saturated heterocycles. The first-order chi connectivity index (χ1) is 12.9. The van der Waals surface area contributed by atoms with Gasteiger partial charge in [-0.15, -0.1) is 0 Å². The lowest BCUT2D eigenvalue weighted by molar-refractivity contribution is -0.0500. The topological polar surface area (TPSA) is 0 Å². The van der Waals surface area contributed by atoms with Crippen LogP contribution in [0.2, 0.25) is 0 Å². The predicted octanol–water partition coefficient (Wildman–Crippen LogP) is 8.42. The lowest BCUT2D eigenvalue weighted by Gasteiger charge is -2.58. The quantitative estimate of drug-likeness (QED) is 0.426. The Labute approximate surface area is 170 Å². The van der Waals surface area contributed by atoms with Gasteiger partial charge in [0.1, 0.15) is 0 Å². The number of hydrogen-bond donors (Lipinski definition) is 0. The minimum Gasteiger partial charge on any atom is -0.0845 e. The average molecular weight is 371 g/mol. The molecule has 154 valence electrons. The van der Waals surface area contributed by atoms with E-state index in [9.17, 15) is 0 Å². The van der Waals surface area contributed by atoms with Gasteiger partial charge in [0.2, 0.25) is 0 Å². The van der Waals surface area contributed by atoms with Crippen molar-refractivity contribution in [2.24, 2.45) is 46.3 Å². The van der Waals surface area contributed by atoms with Gasteiger partial charge in [0.15, 0.2) is 0 Å². The SMILES string of the molecule is CC(C)CCC[C@@H](C)C1CCC2C3CC=C4CCCC[C@]4(C)C3CC[C@@]21C. The van der Waals surface area contributed by atoms with E-state index < -0.39 is 0 Å². The first-order valence-electron chi connectivity index (χ1n) is 12.6. The third kappa shape index (κ3) is 3.36. The van der Waals surface area contributed by atoms with Crippen LogP contribution in [0.4, 0.5) is 0 Å². The molecule has 0 N–H and O–H groups in total. The molecule has 3 saturated carbocycles. The molecule has 0 aromatic heterocycles. The molecule has 0 aromatic carbocycles. The Morgan fingerprint density at radius 1 is 0.963 bits per heavy atom. The van der Waals surface area contributed by atoms with Crippen molar-refractivity contribution in [3.8, 4) is 0 Å². The largest absolute Gasteiger partial charge is 0.0845 e. The Bertz CT molecular complexity index is 556. The maximum absolute atomic E-state index is 2.74. The Balaban J connectivity index is 1.49. The van der Waals surface area contributed by atoms with Gasteiger partial charge in [0, 0.05) is 0 Å². The van der Waals surface area contributed by atoms with E-state index in [2.05, 4.69) is 40.7 Å². The van der Waals surface area contributed by atoms with E-state index in [0.29, 0.717) is 10.8 Å². The maximum Gasteiger partial charge on any atom is -0.00853 e. The molecule has 7 atom stereocenters. The van der Waals surface area contributed by atoms with E-state index >= 15 is 0 Å². The van der Waals surface area contributed by atoms with Crippen LogP contribution in [-0.2, 0) is 0 Å². The molecule has 0 aliphatic heterocycles. The van der Waals surface area contributed by atoms with Gasteiger partial charge in [0.05, 0.1) is 0 Å². The van der Waals surface area contributed by atoms with Crippen molar-refractivity contribution in [3.05, 3.63) is 11.6 Å². The summed E-state index contributed by atoms with van der Waals surface area (Å²) in [4.78, 5) is 0. The summed E-state index contributed by atoms with van der Waals surface area (Å²) in [5.74, 6) is 5.84. The van der Waals surface area contributed by atoms with Gasteiger partial charge < -0.3 is 0 Å². The van der Waals surface area contributed by atoms with Crippen LogP contribution in [0.5, 0.6) is 0 Å². The van der Waals surface area contributed by atoms with Gasteiger partial charge in [-0.1, -0.05) is 72.0 Å². The van der Waals surface area contributed by atoms with Crippen molar-refractivity contribution in [2.75, 3.05) is 0 Å². The van der Waals surface area contributed by atoms with E-state index in [-0.39, 0.29) is 0 Å². The average Bonchev–Trinajstić information content (AvgIpc) is 2.98. The summed E-state index contributed by atoms with van der Waals surface area (Å²) in [6, 6.07) is 0. The van der Waals surface area contributed by atoms with Crippen LogP contribution in [-0.4, -0.2) is 0 Å². The fraction of sp³-hybridized carbons (Fsp3) is 0.926. The number of rotatable bonds is 5. The number of hydrogen-bond acceptors (Lipinski definition) is 0. The van der Waals surface area contributed by atoms with Crippen LogP contribution >= 0.6 is 0 Å².